The Morgan fingerprint density at radius 2 is 2.33 bits per heavy atom. The molecule has 1 fully saturated rings. The summed E-state index contributed by atoms with van der Waals surface area (Å²) in [6.45, 7) is 7.74. The molecule has 0 heterocycles. The first-order chi connectivity index (χ1) is 5.48. The highest BCUT2D eigenvalue weighted by molar-refractivity contribution is 5.71. The molecule has 1 rings (SSSR count). The van der Waals surface area contributed by atoms with Crippen molar-refractivity contribution in [2.45, 2.75) is 33.1 Å². The maximum atomic E-state index is 10.8. The van der Waals surface area contributed by atoms with Crippen molar-refractivity contribution in [1.82, 2.24) is 0 Å². The summed E-state index contributed by atoms with van der Waals surface area (Å²) in [4.78, 5) is 10.8. The zero-order chi connectivity index (χ0) is 9.35. The normalized spacial score (nSPS) is 32.0. The molecule has 1 aliphatic rings. The molecule has 0 saturated heterocycles. The van der Waals surface area contributed by atoms with E-state index in [0.29, 0.717) is 0 Å². The fraction of sp³-hybridized carbons (Fsp3) is 0.700. The molecule has 2 unspecified atom stereocenters. The van der Waals surface area contributed by atoms with Gasteiger partial charge in [0, 0.05) is 5.41 Å². The standard InChI is InChI=1S/C10H16O2/c1-7-5-4-6-10(7,3)8(2)9(11)12/h8H,1,4-6H2,2-3H3,(H,11,12). The van der Waals surface area contributed by atoms with E-state index in [1.54, 1.807) is 6.92 Å². The van der Waals surface area contributed by atoms with E-state index in [-0.39, 0.29) is 11.3 Å². The molecule has 2 nitrogen and oxygen atoms in total. The Hall–Kier alpha value is -0.790. The minimum atomic E-state index is -0.708. The van der Waals surface area contributed by atoms with Gasteiger partial charge in [-0.25, -0.2) is 0 Å². The lowest BCUT2D eigenvalue weighted by Gasteiger charge is -2.29. The third-order valence-corrected chi connectivity index (χ3v) is 3.31. The van der Waals surface area contributed by atoms with Gasteiger partial charge in [0.05, 0.1) is 5.92 Å². The monoisotopic (exact) mass is 168 g/mol. The first-order valence-corrected chi connectivity index (χ1v) is 4.39. The third kappa shape index (κ3) is 1.26. The van der Waals surface area contributed by atoms with Crippen LogP contribution in [0.3, 0.4) is 0 Å². The molecule has 68 valence electrons. The van der Waals surface area contributed by atoms with E-state index in [0.717, 1.165) is 24.8 Å². The van der Waals surface area contributed by atoms with Crippen molar-refractivity contribution in [3.05, 3.63) is 12.2 Å². The number of hydrogen-bond donors (Lipinski definition) is 1. The van der Waals surface area contributed by atoms with E-state index in [9.17, 15) is 4.79 Å². The van der Waals surface area contributed by atoms with Crippen LogP contribution >= 0.6 is 0 Å². The van der Waals surface area contributed by atoms with Crippen LogP contribution in [0.5, 0.6) is 0 Å². The first kappa shape index (κ1) is 9.30. The largest absolute Gasteiger partial charge is 0.481 e. The molecular formula is C10H16O2. The Morgan fingerprint density at radius 3 is 2.67 bits per heavy atom. The summed E-state index contributed by atoms with van der Waals surface area (Å²) in [5, 5.41) is 8.88. The van der Waals surface area contributed by atoms with Gasteiger partial charge in [-0.3, -0.25) is 4.79 Å². The van der Waals surface area contributed by atoms with Gasteiger partial charge in [-0.05, 0) is 19.3 Å². The number of carbonyl (C=O) groups is 1. The Balaban J connectivity index is 2.83. The van der Waals surface area contributed by atoms with Crippen LogP contribution in [0.15, 0.2) is 12.2 Å². The van der Waals surface area contributed by atoms with Gasteiger partial charge in [0.2, 0.25) is 0 Å². The van der Waals surface area contributed by atoms with Crippen molar-refractivity contribution in [2.75, 3.05) is 0 Å². The predicted octanol–water partition coefficient (Wildman–Crippen LogP) is 2.45. The smallest absolute Gasteiger partial charge is 0.307 e. The van der Waals surface area contributed by atoms with Crippen molar-refractivity contribution in [2.24, 2.45) is 11.3 Å². The summed E-state index contributed by atoms with van der Waals surface area (Å²) in [7, 11) is 0. The fourth-order valence-electron chi connectivity index (χ4n) is 1.93. The van der Waals surface area contributed by atoms with Crippen molar-refractivity contribution in [3.8, 4) is 0 Å². The maximum absolute atomic E-state index is 10.8. The van der Waals surface area contributed by atoms with Crippen molar-refractivity contribution in [3.63, 3.8) is 0 Å². The van der Waals surface area contributed by atoms with Gasteiger partial charge >= 0.3 is 5.97 Å². The highest BCUT2D eigenvalue weighted by atomic mass is 16.4. The van der Waals surface area contributed by atoms with E-state index < -0.39 is 5.97 Å². The maximum Gasteiger partial charge on any atom is 0.307 e. The second-order valence-electron chi connectivity index (χ2n) is 3.93. The van der Waals surface area contributed by atoms with Gasteiger partial charge in [-0.2, -0.15) is 0 Å². The fourth-order valence-corrected chi connectivity index (χ4v) is 1.93. The van der Waals surface area contributed by atoms with E-state index in [1.807, 2.05) is 6.92 Å². The average Bonchev–Trinajstić information content (AvgIpc) is 2.32. The number of aliphatic carboxylic acids is 1. The van der Waals surface area contributed by atoms with Crippen LogP contribution in [0.25, 0.3) is 0 Å². The topological polar surface area (TPSA) is 37.3 Å². The number of allylic oxidation sites excluding steroid dienone is 1. The van der Waals surface area contributed by atoms with Crippen LogP contribution in [0.4, 0.5) is 0 Å². The Bertz CT molecular complexity index is 220. The van der Waals surface area contributed by atoms with Gasteiger partial charge in [-0.1, -0.05) is 26.0 Å². The average molecular weight is 168 g/mol. The predicted molar refractivity (Wildman–Crippen MR) is 47.9 cm³/mol. The van der Waals surface area contributed by atoms with Gasteiger partial charge in [0.25, 0.3) is 0 Å². The van der Waals surface area contributed by atoms with Gasteiger partial charge in [0.15, 0.2) is 0 Å². The molecule has 2 atom stereocenters. The molecule has 1 aliphatic carbocycles. The first-order valence-electron chi connectivity index (χ1n) is 4.39. The van der Waals surface area contributed by atoms with Gasteiger partial charge in [0.1, 0.15) is 0 Å². The van der Waals surface area contributed by atoms with Crippen molar-refractivity contribution in [1.29, 1.82) is 0 Å². The van der Waals surface area contributed by atoms with Crippen molar-refractivity contribution < 1.29 is 9.90 Å². The van der Waals surface area contributed by atoms with Gasteiger partial charge in [-0.15, -0.1) is 0 Å². The van der Waals surface area contributed by atoms with Crippen LogP contribution in [-0.2, 0) is 4.79 Å². The molecule has 1 N–H and O–H groups in total. The van der Waals surface area contributed by atoms with E-state index >= 15 is 0 Å². The molecule has 0 aliphatic heterocycles. The number of hydrogen-bond acceptors (Lipinski definition) is 1. The number of carboxylic acid groups (broad SMARTS) is 1. The van der Waals surface area contributed by atoms with E-state index in [1.165, 1.54) is 0 Å². The molecule has 0 aromatic rings. The van der Waals surface area contributed by atoms with Crippen molar-refractivity contribution >= 4 is 5.97 Å². The minimum absolute atomic E-state index is 0.161. The highest BCUT2D eigenvalue weighted by Crippen LogP contribution is 2.47. The Labute approximate surface area is 73.3 Å². The summed E-state index contributed by atoms with van der Waals surface area (Å²) in [6, 6.07) is 0. The molecule has 0 aromatic heterocycles. The zero-order valence-corrected chi connectivity index (χ0v) is 7.76. The third-order valence-electron chi connectivity index (χ3n) is 3.31. The lowest BCUT2D eigenvalue weighted by molar-refractivity contribution is -0.144. The molecule has 12 heavy (non-hydrogen) atoms. The summed E-state index contributed by atoms with van der Waals surface area (Å²) in [5.41, 5.74) is 0.948. The van der Waals surface area contributed by atoms with Crippen LogP contribution in [-0.4, -0.2) is 11.1 Å². The van der Waals surface area contributed by atoms with Crippen LogP contribution in [0, 0.1) is 11.3 Å². The molecule has 0 spiro atoms. The van der Waals surface area contributed by atoms with E-state index in [2.05, 4.69) is 6.58 Å². The quantitative estimate of drug-likeness (QED) is 0.643. The Morgan fingerprint density at radius 1 is 1.75 bits per heavy atom. The molecule has 2 heteroatoms. The van der Waals surface area contributed by atoms with Crippen LogP contribution in [0.1, 0.15) is 33.1 Å². The lowest BCUT2D eigenvalue weighted by Crippen LogP contribution is -2.29. The number of carboxylic acids is 1. The molecular weight excluding hydrogens is 152 g/mol. The molecule has 0 radical (unpaired) electrons. The molecule has 1 saturated carbocycles. The second-order valence-corrected chi connectivity index (χ2v) is 3.93. The lowest BCUT2D eigenvalue weighted by atomic mass is 9.74. The highest BCUT2D eigenvalue weighted by Gasteiger charge is 2.40. The molecule has 0 amide bonds. The molecule has 0 bridgehead atoms. The van der Waals surface area contributed by atoms with Gasteiger partial charge < -0.3 is 5.11 Å². The zero-order valence-electron chi connectivity index (χ0n) is 7.76. The summed E-state index contributed by atoms with van der Waals surface area (Å²) in [6.07, 6.45) is 3.06. The van der Waals surface area contributed by atoms with Crippen LogP contribution < -0.4 is 0 Å². The Kier molecular flexibility index (Phi) is 2.27. The van der Waals surface area contributed by atoms with E-state index in [4.69, 9.17) is 5.11 Å². The molecule has 0 aromatic carbocycles. The van der Waals surface area contributed by atoms with Crippen LogP contribution in [0.2, 0.25) is 0 Å². The summed E-state index contributed by atoms with van der Waals surface area (Å²) in [5.74, 6) is -1.01. The minimum Gasteiger partial charge on any atom is -0.481 e. The SMILES string of the molecule is C=C1CCCC1(C)C(C)C(=O)O. The number of rotatable bonds is 2. The second kappa shape index (κ2) is 2.92. The summed E-state index contributed by atoms with van der Waals surface area (Å²) >= 11 is 0. The summed E-state index contributed by atoms with van der Waals surface area (Å²) < 4.78 is 0.